The number of pyridine rings is 1. The molecule has 1 amide bonds. The maximum Gasteiger partial charge on any atom is 0.258 e. The number of benzene rings is 2. The Balaban J connectivity index is 1.54. The highest BCUT2D eigenvalue weighted by Crippen LogP contribution is 2.32. The van der Waals surface area contributed by atoms with E-state index in [0.717, 1.165) is 38.8 Å². The van der Waals surface area contributed by atoms with E-state index in [2.05, 4.69) is 26.3 Å². The van der Waals surface area contributed by atoms with E-state index in [1.807, 2.05) is 44.2 Å². The summed E-state index contributed by atoms with van der Waals surface area (Å²) in [6, 6.07) is 12.0. The summed E-state index contributed by atoms with van der Waals surface area (Å²) in [5, 5.41) is 7.48. The van der Waals surface area contributed by atoms with Crippen molar-refractivity contribution in [2.24, 2.45) is 0 Å². The monoisotopic (exact) mass is 473 g/mol. The highest BCUT2D eigenvalue weighted by Gasteiger charge is 2.18. The number of amides is 1. The number of hydrogen-bond donors (Lipinski definition) is 2. The molecule has 0 aliphatic carbocycles. The Morgan fingerprint density at radius 2 is 1.94 bits per heavy atom. The van der Waals surface area contributed by atoms with Crippen LogP contribution in [0.3, 0.4) is 0 Å². The number of fused-ring (bicyclic) bond motifs is 2. The molecule has 0 aliphatic heterocycles. The van der Waals surface area contributed by atoms with Gasteiger partial charge in [-0.1, -0.05) is 29.8 Å². The average molecular weight is 474 g/mol. The molecule has 0 aliphatic rings. The number of nitrogens with one attached hydrogen (secondary N) is 1. The summed E-state index contributed by atoms with van der Waals surface area (Å²) in [6.07, 6.45) is 3.79. The first-order valence-corrected chi connectivity index (χ1v) is 11.6. The minimum Gasteiger partial charge on any atom is -0.382 e. The highest BCUT2D eigenvalue weighted by atomic mass is 35.5. The Labute approximate surface area is 199 Å². The molecule has 5 rings (SSSR count). The number of aryl methyl sites for hydroxylation is 2. The van der Waals surface area contributed by atoms with Crippen molar-refractivity contribution in [2.45, 2.75) is 20.3 Å². The lowest BCUT2D eigenvalue weighted by Crippen LogP contribution is -2.13. The van der Waals surface area contributed by atoms with Gasteiger partial charge >= 0.3 is 0 Å². The third-order valence-corrected chi connectivity index (χ3v) is 6.78. The fourth-order valence-corrected chi connectivity index (χ4v) is 5.26. The van der Waals surface area contributed by atoms with Gasteiger partial charge in [-0.15, -0.1) is 11.3 Å². The molecule has 164 valence electrons. The molecule has 0 spiro atoms. The molecule has 33 heavy (non-hydrogen) atoms. The number of carbonyl (C=O) groups excluding carboxylic acids is 1. The van der Waals surface area contributed by atoms with Gasteiger partial charge in [0.2, 0.25) is 0 Å². The first-order chi connectivity index (χ1) is 15.9. The summed E-state index contributed by atoms with van der Waals surface area (Å²) >= 11 is 7.62. The highest BCUT2D eigenvalue weighted by molar-refractivity contribution is 7.18. The number of anilines is 2. The normalized spacial score (nSPS) is 11.2. The van der Waals surface area contributed by atoms with Gasteiger partial charge in [0.1, 0.15) is 12.1 Å². The van der Waals surface area contributed by atoms with Crippen molar-refractivity contribution in [3.63, 3.8) is 0 Å². The van der Waals surface area contributed by atoms with Crippen LogP contribution in [0.25, 0.3) is 21.0 Å². The van der Waals surface area contributed by atoms with Gasteiger partial charge in [0.15, 0.2) is 0 Å². The van der Waals surface area contributed by atoms with Crippen molar-refractivity contribution in [1.82, 2.24) is 15.0 Å². The van der Waals surface area contributed by atoms with E-state index in [0.29, 0.717) is 33.0 Å². The molecule has 2 aromatic carbocycles. The van der Waals surface area contributed by atoms with Crippen LogP contribution in [0.5, 0.6) is 0 Å². The number of thiophene rings is 1. The van der Waals surface area contributed by atoms with Gasteiger partial charge in [0.05, 0.1) is 27.2 Å². The summed E-state index contributed by atoms with van der Waals surface area (Å²) in [4.78, 5) is 26.1. The molecule has 0 fully saturated rings. The van der Waals surface area contributed by atoms with Gasteiger partial charge in [-0.05, 0) is 48.7 Å². The zero-order valence-electron chi connectivity index (χ0n) is 18.0. The van der Waals surface area contributed by atoms with Crippen molar-refractivity contribution in [3.05, 3.63) is 87.3 Å². The van der Waals surface area contributed by atoms with Crippen LogP contribution in [0.2, 0.25) is 5.02 Å². The minimum absolute atomic E-state index is 0.237. The molecule has 3 heterocycles. The molecule has 5 aromatic rings. The second-order valence-electron chi connectivity index (χ2n) is 7.96. The molecule has 8 heteroatoms. The SMILES string of the molecule is Cc1cc(Cl)cc(Cc2nccc3c(NC(=O)c4csc5c(N)ncnc45)c(C)ccc23)c1. The maximum atomic E-state index is 13.2. The summed E-state index contributed by atoms with van der Waals surface area (Å²) in [7, 11) is 0. The Kier molecular flexibility index (Phi) is 5.44. The van der Waals surface area contributed by atoms with Gasteiger partial charge in [0, 0.05) is 33.8 Å². The third-order valence-electron chi connectivity index (χ3n) is 5.57. The Morgan fingerprint density at radius 3 is 2.76 bits per heavy atom. The lowest BCUT2D eigenvalue weighted by Gasteiger charge is -2.14. The summed E-state index contributed by atoms with van der Waals surface area (Å²) in [6.45, 7) is 4.00. The molecule has 0 radical (unpaired) electrons. The van der Waals surface area contributed by atoms with Crippen molar-refractivity contribution in [2.75, 3.05) is 11.1 Å². The Hall–Kier alpha value is -3.55. The quantitative estimate of drug-likeness (QED) is 0.337. The number of aromatic nitrogens is 3. The van der Waals surface area contributed by atoms with E-state index in [1.165, 1.54) is 17.7 Å². The lowest BCUT2D eigenvalue weighted by atomic mass is 9.99. The predicted octanol–water partition coefficient (Wildman–Crippen LogP) is 5.94. The molecule has 3 N–H and O–H groups in total. The number of nitrogens with zero attached hydrogens (tertiary/aromatic N) is 3. The lowest BCUT2D eigenvalue weighted by molar-refractivity contribution is 0.102. The van der Waals surface area contributed by atoms with Crippen molar-refractivity contribution < 1.29 is 4.79 Å². The fourth-order valence-electron chi connectivity index (χ4n) is 4.05. The maximum absolute atomic E-state index is 13.2. The largest absolute Gasteiger partial charge is 0.382 e. The van der Waals surface area contributed by atoms with E-state index in [-0.39, 0.29) is 5.91 Å². The summed E-state index contributed by atoms with van der Waals surface area (Å²) in [5.41, 5.74) is 11.8. The van der Waals surface area contributed by atoms with E-state index in [4.69, 9.17) is 17.3 Å². The van der Waals surface area contributed by atoms with Gasteiger partial charge in [-0.3, -0.25) is 9.78 Å². The first kappa shape index (κ1) is 21.3. The van der Waals surface area contributed by atoms with Gasteiger partial charge < -0.3 is 11.1 Å². The fraction of sp³-hybridized carbons (Fsp3) is 0.120. The van der Waals surface area contributed by atoms with Crippen LogP contribution in [0, 0.1) is 13.8 Å². The van der Waals surface area contributed by atoms with Gasteiger partial charge in [0.25, 0.3) is 5.91 Å². The van der Waals surface area contributed by atoms with Crippen LogP contribution < -0.4 is 11.1 Å². The molecule has 6 nitrogen and oxygen atoms in total. The van der Waals surface area contributed by atoms with E-state index >= 15 is 0 Å². The number of hydrogen-bond acceptors (Lipinski definition) is 6. The van der Waals surface area contributed by atoms with Crippen LogP contribution in [-0.4, -0.2) is 20.9 Å². The van der Waals surface area contributed by atoms with E-state index < -0.39 is 0 Å². The Bertz CT molecular complexity index is 1530. The van der Waals surface area contributed by atoms with Crippen LogP contribution in [0.4, 0.5) is 11.5 Å². The molecule has 3 aromatic heterocycles. The number of nitrogen functional groups attached to an aromatic ring is 1. The van der Waals surface area contributed by atoms with Crippen molar-refractivity contribution >= 4 is 61.3 Å². The molecule has 0 unspecified atom stereocenters. The van der Waals surface area contributed by atoms with Gasteiger partial charge in [-0.25, -0.2) is 9.97 Å². The standard InChI is InChI=1S/C25H20ClN5OS/c1-13-7-15(9-16(26)8-13)10-20-17-4-3-14(2)21(18(17)5-6-28-20)31-25(32)19-11-33-23-22(19)29-12-30-24(23)27/h3-9,11-12H,10H2,1-2H3,(H,31,32)(H2,27,29,30). The van der Waals surface area contributed by atoms with E-state index in [1.54, 1.807) is 11.6 Å². The smallest absolute Gasteiger partial charge is 0.258 e. The number of halogens is 1. The van der Waals surface area contributed by atoms with Gasteiger partial charge in [-0.2, -0.15) is 0 Å². The summed E-state index contributed by atoms with van der Waals surface area (Å²) < 4.78 is 0.709. The number of carbonyl (C=O) groups is 1. The summed E-state index contributed by atoms with van der Waals surface area (Å²) in [5.74, 6) is 0.135. The van der Waals surface area contributed by atoms with Crippen molar-refractivity contribution in [1.29, 1.82) is 0 Å². The Morgan fingerprint density at radius 1 is 1.09 bits per heavy atom. The third kappa shape index (κ3) is 4.01. The second-order valence-corrected chi connectivity index (χ2v) is 9.28. The predicted molar refractivity (Wildman–Crippen MR) is 135 cm³/mol. The van der Waals surface area contributed by atoms with Crippen LogP contribution >= 0.6 is 22.9 Å². The van der Waals surface area contributed by atoms with Crippen LogP contribution in [0.15, 0.2) is 54.3 Å². The van der Waals surface area contributed by atoms with Crippen LogP contribution in [0.1, 0.15) is 32.7 Å². The zero-order valence-corrected chi connectivity index (χ0v) is 19.6. The molecule has 0 saturated heterocycles. The second kappa shape index (κ2) is 8.42. The molecule has 0 atom stereocenters. The minimum atomic E-state index is -0.237. The molecular formula is C25H20ClN5OS. The molecule has 0 saturated carbocycles. The van der Waals surface area contributed by atoms with E-state index in [9.17, 15) is 4.79 Å². The van der Waals surface area contributed by atoms with Crippen molar-refractivity contribution in [3.8, 4) is 0 Å². The average Bonchev–Trinajstić information content (AvgIpc) is 3.21. The number of nitrogens with two attached hydrogens (primary N) is 1. The molecular weight excluding hydrogens is 454 g/mol. The molecule has 0 bridgehead atoms. The number of rotatable bonds is 4. The topological polar surface area (TPSA) is 93.8 Å². The first-order valence-electron chi connectivity index (χ1n) is 10.3. The van der Waals surface area contributed by atoms with Crippen LogP contribution in [-0.2, 0) is 6.42 Å². The zero-order chi connectivity index (χ0) is 23.1.